The number of aryl methyl sites for hydroxylation is 2. The number of imidazole rings is 1. The summed E-state index contributed by atoms with van der Waals surface area (Å²) in [4.78, 5) is 4.14. The van der Waals surface area contributed by atoms with Gasteiger partial charge in [0, 0.05) is 26.5 Å². The third-order valence-electron chi connectivity index (χ3n) is 4.05. The maximum absolute atomic E-state index is 6.17. The quantitative estimate of drug-likeness (QED) is 0.400. The molecular formula is C21H24N4O. The fourth-order valence-electron chi connectivity index (χ4n) is 2.76. The lowest BCUT2D eigenvalue weighted by molar-refractivity contribution is 0.304. The van der Waals surface area contributed by atoms with Crippen molar-refractivity contribution in [2.75, 3.05) is 14.1 Å². The van der Waals surface area contributed by atoms with Crippen LogP contribution in [0.25, 0.3) is 0 Å². The van der Waals surface area contributed by atoms with Crippen molar-refractivity contribution in [1.29, 1.82) is 0 Å². The van der Waals surface area contributed by atoms with E-state index >= 15 is 0 Å². The average Bonchev–Trinajstić information content (AvgIpc) is 3.13. The molecule has 0 unspecified atom stereocenters. The maximum Gasteiger partial charge on any atom is 0.168 e. The summed E-state index contributed by atoms with van der Waals surface area (Å²) in [6.45, 7) is 4.73. The molecule has 0 atom stereocenters. The number of rotatable bonds is 5. The van der Waals surface area contributed by atoms with Crippen LogP contribution in [0, 0.1) is 13.8 Å². The van der Waals surface area contributed by atoms with E-state index in [-0.39, 0.29) is 0 Å². The van der Waals surface area contributed by atoms with E-state index < -0.39 is 0 Å². The van der Waals surface area contributed by atoms with Crippen molar-refractivity contribution in [3.05, 3.63) is 83.4 Å². The van der Waals surface area contributed by atoms with Crippen molar-refractivity contribution in [3.63, 3.8) is 0 Å². The van der Waals surface area contributed by atoms with Gasteiger partial charge >= 0.3 is 0 Å². The molecule has 0 amide bonds. The van der Waals surface area contributed by atoms with Gasteiger partial charge in [-0.05, 0) is 37.1 Å². The molecule has 1 heterocycles. The second-order valence-corrected chi connectivity index (χ2v) is 6.46. The van der Waals surface area contributed by atoms with E-state index in [1.54, 1.807) is 17.5 Å². The number of benzene rings is 2. The van der Waals surface area contributed by atoms with Gasteiger partial charge in [0.25, 0.3) is 0 Å². The minimum Gasteiger partial charge on any atom is -0.488 e. The Morgan fingerprint density at radius 3 is 2.65 bits per heavy atom. The molecule has 0 radical (unpaired) electrons. The topological polar surface area (TPSA) is 42.6 Å². The number of para-hydroxylation sites is 1. The van der Waals surface area contributed by atoms with E-state index in [1.807, 2.05) is 49.1 Å². The van der Waals surface area contributed by atoms with Crippen molar-refractivity contribution >= 4 is 5.84 Å². The van der Waals surface area contributed by atoms with Gasteiger partial charge in [-0.15, -0.1) is 0 Å². The molecule has 3 rings (SSSR count). The zero-order valence-corrected chi connectivity index (χ0v) is 15.7. The van der Waals surface area contributed by atoms with Crippen molar-refractivity contribution in [3.8, 4) is 5.75 Å². The molecule has 0 bridgehead atoms. The molecule has 0 N–H and O–H groups in total. The van der Waals surface area contributed by atoms with Crippen LogP contribution in [-0.4, -0.2) is 34.5 Å². The summed E-state index contributed by atoms with van der Waals surface area (Å²) in [6.07, 6.45) is 5.36. The molecule has 3 aromatic rings. The standard InChI is InChI=1S/C21H24N4O/c1-16-9-10-18(17(2)13-16)14-26-20-8-6-5-7-19(20)21(23-24(3)4)25-12-11-22-15-25/h5-13,15H,14H2,1-4H3/b23-21-. The van der Waals surface area contributed by atoms with Crippen LogP contribution in [0.3, 0.4) is 0 Å². The molecule has 0 saturated heterocycles. The highest BCUT2D eigenvalue weighted by Crippen LogP contribution is 2.22. The number of hydrazone groups is 1. The van der Waals surface area contributed by atoms with Gasteiger partial charge in [0.15, 0.2) is 5.84 Å². The summed E-state index contributed by atoms with van der Waals surface area (Å²) >= 11 is 0. The zero-order valence-electron chi connectivity index (χ0n) is 15.7. The smallest absolute Gasteiger partial charge is 0.168 e. The normalized spacial score (nSPS) is 11.5. The molecule has 0 spiro atoms. The first-order chi connectivity index (χ1) is 12.5. The maximum atomic E-state index is 6.17. The first kappa shape index (κ1) is 17.7. The van der Waals surface area contributed by atoms with Gasteiger partial charge < -0.3 is 9.75 Å². The third kappa shape index (κ3) is 4.11. The van der Waals surface area contributed by atoms with E-state index in [0.717, 1.165) is 17.1 Å². The van der Waals surface area contributed by atoms with Gasteiger partial charge in [-0.3, -0.25) is 4.57 Å². The predicted molar refractivity (Wildman–Crippen MR) is 105 cm³/mol. The molecular weight excluding hydrogens is 324 g/mol. The Bertz CT molecular complexity index is 898. The van der Waals surface area contributed by atoms with Crippen LogP contribution in [0.1, 0.15) is 22.3 Å². The highest BCUT2D eigenvalue weighted by atomic mass is 16.5. The van der Waals surface area contributed by atoms with E-state index in [9.17, 15) is 0 Å². The van der Waals surface area contributed by atoms with Gasteiger partial charge in [-0.1, -0.05) is 35.9 Å². The molecule has 26 heavy (non-hydrogen) atoms. The predicted octanol–water partition coefficient (Wildman–Crippen LogP) is 3.85. The van der Waals surface area contributed by atoms with Gasteiger partial charge in [0.1, 0.15) is 18.7 Å². The van der Waals surface area contributed by atoms with E-state index in [0.29, 0.717) is 6.61 Å². The highest BCUT2D eigenvalue weighted by molar-refractivity contribution is 6.02. The number of hydrogen-bond acceptors (Lipinski definition) is 4. The highest BCUT2D eigenvalue weighted by Gasteiger charge is 2.13. The Kier molecular flexibility index (Phi) is 5.37. The van der Waals surface area contributed by atoms with Crippen LogP contribution in [0.4, 0.5) is 0 Å². The van der Waals surface area contributed by atoms with Crippen LogP contribution >= 0.6 is 0 Å². The Labute approximate surface area is 154 Å². The monoisotopic (exact) mass is 348 g/mol. The molecule has 0 fully saturated rings. The van der Waals surface area contributed by atoms with Gasteiger partial charge in [0.05, 0.1) is 5.56 Å². The Hall–Kier alpha value is -3.08. The van der Waals surface area contributed by atoms with Crippen molar-refractivity contribution in [2.45, 2.75) is 20.5 Å². The fourth-order valence-corrected chi connectivity index (χ4v) is 2.76. The Balaban J connectivity index is 1.92. The van der Waals surface area contributed by atoms with E-state index in [1.165, 1.54) is 16.7 Å². The van der Waals surface area contributed by atoms with Crippen LogP contribution in [0.5, 0.6) is 5.75 Å². The SMILES string of the molecule is Cc1ccc(COc2ccccc2/C(=N/N(C)C)n2ccnc2)c(C)c1. The molecule has 1 aromatic heterocycles. The minimum atomic E-state index is 0.516. The molecule has 0 aliphatic carbocycles. The third-order valence-corrected chi connectivity index (χ3v) is 4.05. The number of aromatic nitrogens is 2. The van der Waals surface area contributed by atoms with Crippen molar-refractivity contribution in [1.82, 2.24) is 14.6 Å². The second-order valence-electron chi connectivity index (χ2n) is 6.46. The zero-order chi connectivity index (χ0) is 18.5. The van der Waals surface area contributed by atoms with Crippen LogP contribution in [0.15, 0.2) is 66.3 Å². The van der Waals surface area contributed by atoms with E-state index in [2.05, 4.69) is 42.1 Å². The summed E-state index contributed by atoms with van der Waals surface area (Å²) in [7, 11) is 3.80. The molecule has 0 saturated carbocycles. The number of nitrogens with zero attached hydrogens (tertiary/aromatic N) is 4. The number of hydrogen-bond donors (Lipinski definition) is 0. The van der Waals surface area contributed by atoms with Gasteiger partial charge in [-0.2, -0.15) is 5.10 Å². The Morgan fingerprint density at radius 2 is 1.96 bits per heavy atom. The summed E-state index contributed by atoms with van der Waals surface area (Å²) in [5, 5.41) is 6.40. The van der Waals surface area contributed by atoms with Gasteiger partial charge in [-0.25, -0.2) is 4.98 Å². The summed E-state index contributed by atoms with van der Waals surface area (Å²) < 4.78 is 8.06. The van der Waals surface area contributed by atoms with Crippen molar-refractivity contribution < 1.29 is 4.74 Å². The molecule has 5 nitrogen and oxygen atoms in total. The molecule has 2 aromatic carbocycles. The second kappa shape index (κ2) is 7.87. The molecule has 134 valence electrons. The summed E-state index contributed by atoms with van der Waals surface area (Å²) in [5.41, 5.74) is 4.59. The van der Waals surface area contributed by atoms with Crippen LogP contribution in [0.2, 0.25) is 0 Å². The first-order valence-electron chi connectivity index (χ1n) is 8.57. The largest absolute Gasteiger partial charge is 0.488 e. The summed E-state index contributed by atoms with van der Waals surface area (Å²) in [6, 6.07) is 14.4. The summed E-state index contributed by atoms with van der Waals surface area (Å²) in [5.74, 6) is 1.56. The van der Waals surface area contributed by atoms with E-state index in [4.69, 9.17) is 4.74 Å². The molecule has 0 aliphatic heterocycles. The molecule has 5 heteroatoms. The minimum absolute atomic E-state index is 0.516. The molecule has 0 aliphatic rings. The van der Waals surface area contributed by atoms with Crippen LogP contribution in [-0.2, 0) is 6.61 Å². The lowest BCUT2D eigenvalue weighted by Crippen LogP contribution is -2.18. The average molecular weight is 348 g/mol. The van der Waals surface area contributed by atoms with Crippen molar-refractivity contribution in [2.24, 2.45) is 5.10 Å². The lowest BCUT2D eigenvalue weighted by atomic mass is 10.1. The number of ether oxygens (including phenoxy) is 1. The van der Waals surface area contributed by atoms with Gasteiger partial charge in [0.2, 0.25) is 0 Å². The Morgan fingerprint density at radius 1 is 1.15 bits per heavy atom. The first-order valence-corrected chi connectivity index (χ1v) is 8.57. The lowest BCUT2D eigenvalue weighted by Gasteiger charge is -2.16. The fraction of sp³-hybridized carbons (Fsp3) is 0.238. The van der Waals surface area contributed by atoms with Crippen LogP contribution < -0.4 is 4.74 Å².